The van der Waals surface area contributed by atoms with Crippen LogP contribution in [0.4, 0.5) is 11.5 Å². The van der Waals surface area contributed by atoms with Gasteiger partial charge in [-0.15, -0.1) is 0 Å². The summed E-state index contributed by atoms with van der Waals surface area (Å²) in [7, 11) is 0. The third kappa shape index (κ3) is 3.17. The Balaban J connectivity index is 2.14. The van der Waals surface area contributed by atoms with E-state index in [1.807, 2.05) is 24.3 Å². The first kappa shape index (κ1) is 12.8. The smallest absolute Gasteiger partial charge is 0.255 e. The highest BCUT2D eigenvalue weighted by Gasteiger charge is 2.06. The van der Waals surface area contributed by atoms with E-state index in [4.69, 9.17) is 5.84 Å². The van der Waals surface area contributed by atoms with Crippen molar-refractivity contribution in [2.24, 2.45) is 5.84 Å². The molecule has 0 unspecified atom stereocenters. The van der Waals surface area contributed by atoms with Gasteiger partial charge in [0, 0.05) is 21.0 Å². The molecule has 0 atom stereocenters. The first-order valence-electron chi connectivity index (χ1n) is 5.18. The van der Waals surface area contributed by atoms with Gasteiger partial charge >= 0.3 is 0 Å². The third-order valence-electron chi connectivity index (χ3n) is 2.27. The van der Waals surface area contributed by atoms with Gasteiger partial charge in [-0.1, -0.05) is 0 Å². The number of nitrogen functional groups attached to an aromatic ring is 1. The van der Waals surface area contributed by atoms with Gasteiger partial charge in [0.25, 0.3) is 5.91 Å². The van der Waals surface area contributed by atoms with Crippen molar-refractivity contribution in [3.05, 3.63) is 51.7 Å². The second kappa shape index (κ2) is 5.78. The zero-order valence-corrected chi connectivity index (χ0v) is 11.5. The molecule has 0 fully saturated rings. The Hall–Kier alpha value is -1.67. The Morgan fingerprint density at radius 1 is 1.22 bits per heavy atom. The van der Waals surface area contributed by atoms with Crippen molar-refractivity contribution in [3.8, 4) is 0 Å². The number of hydrazine groups is 1. The number of nitrogens with one attached hydrogen (secondary N) is 2. The number of anilines is 2. The number of benzene rings is 1. The van der Waals surface area contributed by atoms with Crippen molar-refractivity contribution < 1.29 is 4.79 Å². The molecule has 18 heavy (non-hydrogen) atoms. The molecule has 92 valence electrons. The Kier molecular flexibility index (Phi) is 4.11. The van der Waals surface area contributed by atoms with Crippen LogP contribution in [0.15, 0.2) is 42.6 Å². The number of nitrogens with zero attached hydrogens (tertiary/aromatic N) is 1. The lowest BCUT2D eigenvalue weighted by molar-refractivity contribution is 0.102. The maximum Gasteiger partial charge on any atom is 0.255 e. The van der Waals surface area contributed by atoms with E-state index in [1.54, 1.807) is 12.1 Å². The number of rotatable bonds is 3. The maximum absolute atomic E-state index is 12.0. The molecule has 5 nitrogen and oxygen atoms in total. The quantitative estimate of drug-likeness (QED) is 0.449. The molecule has 2 rings (SSSR count). The van der Waals surface area contributed by atoms with E-state index in [9.17, 15) is 4.79 Å². The molecule has 0 aliphatic carbocycles. The Morgan fingerprint density at radius 2 is 1.94 bits per heavy atom. The van der Waals surface area contributed by atoms with Crippen molar-refractivity contribution in [2.45, 2.75) is 0 Å². The first-order chi connectivity index (χ1) is 8.69. The van der Waals surface area contributed by atoms with E-state index < -0.39 is 0 Å². The van der Waals surface area contributed by atoms with Crippen LogP contribution >= 0.6 is 22.6 Å². The Morgan fingerprint density at radius 3 is 2.61 bits per heavy atom. The monoisotopic (exact) mass is 354 g/mol. The van der Waals surface area contributed by atoms with Crippen LogP contribution in [-0.2, 0) is 0 Å². The van der Waals surface area contributed by atoms with E-state index in [0.717, 1.165) is 9.26 Å². The molecule has 2 aromatic rings. The molecular formula is C12H11IN4O. The summed E-state index contributed by atoms with van der Waals surface area (Å²) in [5.74, 6) is 5.49. The molecule has 4 N–H and O–H groups in total. The molecule has 0 saturated carbocycles. The van der Waals surface area contributed by atoms with Crippen LogP contribution in [0.1, 0.15) is 10.4 Å². The van der Waals surface area contributed by atoms with Crippen LogP contribution in [0, 0.1) is 3.57 Å². The summed E-state index contributed by atoms with van der Waals surface area (Å²) in [4.78, 5) is 15.9. The van der Waals surface area contributed by atoms with Crippen LogP contribution in [0.2, 0.25) is 0 Å². The summed E-state index contributed by atoms with van der Waals surface area (Å²) in [5.41, 5.74) is 3.65. The fourth-order valence-electron chi connectivity index (χ4n) is 1.39. The number of carbonyl (C=O) groups excluding carboxylic acids is 1. The molecule has 0 radical (unpaired) electrons. The molecule has 0 aliphatic rings. The molecule has 0 spiro atoms. The normalized spacial score (nSPS) is 9.89. The fraction of sp³-hybridized carbons (Fsp3) is 0. The van der Waals surface area contributed by atoms with Gasteiger partial charge in [0.05, 0.1) is 0 Å². The number of halogens is 1. The van der Waals surface area contributed by atoms with Gasteiger partial charge < -0.3 is 10.7 Å². The summed E-state index contributed by atoms with van der Waals surface area (Å²) in [6, 6.07) is 10.8. The van der Waals surface area contributed by atoms with Gasteiger partial charge in [-0.25, -0.2) is 10.8 Å². The molecule has 1 aromatic heterocycles. The van der Waals surface area contributed by atoms with Crippen molar-refractivity contribution in [1.82, 2.24) is 4.98 Å². The van der Waals surface area contributed by atoms with Crippen LogP contribution in [-0.4, -0.2) is 10.9 Å². The largest absolute Gasteiger partial charge is 0.322 e. The predicted octanol–water partition coefficient (Wildman–Crippen LogP) is 2.22. The van der Waals surface area contributed by atoms with Gasteiger partial charge in [0.1, 0.15) is 5.82 Å². The zero-order chi connectivity index (χ0) is 13.0. The number of carbonyl (C=O) groups is 1. The lowest BCUT2D eigenvalue weighted by Gasteiger charge is -2.06. The average Bonchev–Trinajstić information content (AvgIpc) is 2.41. The van der Waals surface area contributed by atoms with Gasteiger partial charge in [-0.05, 0) is 59.0 Å². The van der Waals surface area contributed by atoms with Crippen molar-refractivity contribution in [1.29, 1.82) is 0 Å². The second-order valence-corrected chi connectivity index (χ2v) is 4.78. The highest BCUT2D eigenvalue weighted by Crippen LogP contribution is 2.13. The molecule has 0 saturated heterocycles. The van der Waals surface area contributed by atoms with Gasteiger partial charge in [0.2, 0.25) is 0 Å². The van der Waals surface area contributed by atoms with Crippen molar-refractivity contribution >= 4 is 40.0 Å². The summed E-state index contributed by atoms with van der Waals surface area (Å²) in [5, 5.41) is 2.80. The minimum absolute atomic E-state index is 0.199. The third-order valence-corrected chi connectivity index (χ3v) is 2.99. The maximum atomic E-state index is 12.0. The molecular weight excluding hydrogens is 343 g/mol. The standard InChI is InChI=1S/C12H11IN4O/c13-9-1-3-10(4-2-9)16-12(18)8-5-6-15-11(7-8)17-14/h1-7H,14H2,(H,15,17)(H,16,18). The highest BCUT2D eigenvalue weighted by atomic mass is 127. The van der Waals surface area contributed by atoms with Gasteiger partial charge in [-0.3, -0.25) is 4.79 Å². The van der Waals surface area contributed by atoms with Crippen LogP contribution in [0.3, 0.4) is 0 Å². The topological polar surface area (TPSA) is 80.0 Å². The van der Waals surface area contributed by atoms with E-state index in [-0.39, 0.29) is 5.91 Å². The van der Waals surface area contributed by atoms with Gasteiger partial charge in [0.15, 0.2) is 0 Å². The van der Waals surface area contributed by atoms with E-state index in [1.165, 1.54) is 6.20 Å². The summed E-state index contributed by atoms with van der Waals surface area (Å²) < 4.78 is 1.11. The van der Waals surface area contributed by atoms with E-state index in [0.29, 0.717) is 11.4 Å². The average molecular weight is 354 g/mol. The fourth-order valence-corrected chi connectivity index (χ4v) is 1.75. The summed E-state index contributed by atoms with van der Waals surface area (Å²) in [6.45, 7) is 0. The first-order valence-corrected chi connectivity index (χ1v) is 6.26. The van der Waals surface area contributed by atoms with Crippen molar-refractivity contribution in [2.75, 3.05) is 10.7 Å². The minimum Gasteiger partial charge on any atom is -0.322 e. The van der Waals surface area contributed by atoms with E-state index in [2.05, 4.69) is 38.3 Å². The van der Waals surface area contributed by atoms with Crippen LogP contribution < -0.4 is 16.6 Å². The molecule has 0 bridgehead atoms. The minimum atomic E-state index is -0.199. The lowest BCUT2D eigenvalue weighted by atomic mass is 10.2. The number of aromatic nitrogens is 1. The van der Waals surface area contributed by atoms with E-state index >= 15 is 0 Å². The molecule has 1 amide bonds. The number of amides is 1. The Bertz CT molecular complexity index is 556. The number of pyridine rings is 1. The van der Waals surface area contributed by atoms with Crippen LogP contribution in [0.25, 0.3) is 0 Å². The molecule has 0 aliphatic heterocycles. The predicted molar refractivity (Wildman–Crippen MR) is 79.2 cm³/mol. The number of nitrogens with two attached hydrogens (primary N) is 1. The zero-order valence-electron chi connectivity index (χ0n) is 9.35. The number of hydrogen-bond donors (Lipinski definition) is 3. The lowest BCUT2D eigenvalue weighted by Crippen LogP contribution is -2.14. The molecule has 6 heteroatoms. The van der Waals surface area contributed by atoms with Gasteiger partial charge in [-0.2, -0.15) is 0 Å². The second-order valence-electron chi connectivity index (χ2n) is 3.54. The summed E-state index contributed by atoms with van der Waals surface area (Å²) in [6.07, 6.45) is 1.53. The van der Waals surface area contributed by atoms with Crippen LogP contribution in [0.5, 0.6) is 0 Å². The van der Waals surface area contributed by atoms with Crippen molar-refractivity contribution in [3.63, 3.8) is 0 Å². The Labute approximate surface area is 118 Å². The SMILES string of the molecule is NNc1cc(C(=O)Nc2ccc(I)cc2)ccn1. The summed E-state index contributed by atoms with van der Waals surface area (Å²) >= 11 is 2.21. The number of hydrogen-bond acceptors (Lipinski definition) is 4. The molecule has 1 aromatic carbocycles. The highest BCUT2D eigenvalue weighted by molar-refractivity contribution is 14.1. The molecule has 1 heterocycles.